The molecule has 16 nitrogen and oxygen atoms in total. The summed E-state index contributed by atoms with van der Waals surface area (Å²) in [5, 5.41) is 26.0. The quantitative estimate of drug-likeness (QED) is 0.0533. The van der Waals surface area contributed by atoms with Crippen molar-refractivity contribution in [2.75, 3.05) is 6.54 Å². The Kier molecular flexibility index (Phi) is 14.0. The first-order chi connectivity index (χ1) is 18.3. The topological polar surface area (TPSA) is 281 Å². The fraction of sp³-hybridized carbons (Fsp3) is 0.609. The number of carboxylic acids is 2. The van der Waals surface area contributed by atoms with Gasteiger partial charge in [-0.1, -0.05) is 20.3 Å². The third-order valence-corrected chi connectivity index (χ3v) is 5.97. The molecule has 1 aromatic heterocycles. The van der Waals surface area contributed by atoms with Gasteiger partial charge >= 0.3 is 11.9 Å². The number of rotatable bonds is 18. The number of nitrogens with two attached hydrogens (primary N) is 3. The summed E-state index contributed by atoms with van der Waals surface area (Å²) < 4.78 is 0. The van der Waals surface area contributed by atoms with E-state index < -0.39 is 59.7 Å². The molecular formula is C23H39N9O7. The van der Waals surface area contributed by atoms with Crippen LogP contribution in [-0.2, 0) is 30.4 Å². The van der Waals surface area contributed by atoms with E-state index in [9.17, 15) is 29.1 Å². The average molecular weight is 554 g/mol. The molecule has 0 saturated heterocycles. The number of aliphatic carboxylic acids is 2. The molecule has 5 unspecified atom stereocenters. The highest BCUT2D eigenvalue weighted by atomic mass is 16.4. The number of hydrogen-bond acceptors (Lipinski definition) is 8. The van der Waals surface area contributed by atoms with Gasteiger partial charge in [-0.25, -0.2) is 9.78 Å². The molecule has 3 amide bonds. The molecule has 0 fully saturated rings. The minimum absolute atomic E-state index is 0.0556. The lowest BCUT2D eigenvalue weighted by molar-refractivity contribution is -0.142. The Balaban J connectivity index is 3.03. The maximum Gasteiger partial charge on any atom is 0.326 e. The maximum absolute atomic E-state index is 13.3. The van der Waals surface area contributed by atoms with Gasteiger partial charge in [0.25, 0.3) is 0 Å². The highest BCUT2D eigenvalue weighted by molar-refractivity contribution is 5.94. The number of aromatic amines is 1. The standard InChI is InChI=1S/C23H39N9O7/c1-3-12(2)18(21(37)31-16(22(38)39)9-13-10-27-11-29-13)32-20(36)15(5-4-8-28-23(25)26)30-19(35)14(24)6-7-17(33)34/h10-12,14-16,18H,3-9,24H2,1-2H3,(H,27,29)(H,30,35)(H,31,37)(H,32,36)(H,33,34)(H,38,39)(H4,25,26,28). The molecule has 1 aromatic rings. The summed E-state index contributed by atoms with van der Waals surface area (Å²) in [5.74, 6) is -5.11. The van der Waals surface area contributed by atoms with Crippen molar-refractivity contribution in [3.05, 3.63) is 18.2 Å². The van der Waals surface area contributed by atoms with E-state index in [-0.39, 0.29) is 44.6 Å². The lowest BCUT2D eigenvalue weighted by Gasteiger charge is -2.28. The molecule has 0 aliphatic rings. The molecule has 39 heavy (non-hydrogen) atoms. The Morgan fingerprint density at radius 3 is 2.23 bits per heavy atom. The van der Waals surface area contributed by atoms with Crippen LogP contribution < -0.4 is 33.2 Å². The zero-order valence-corrected chi connectivity index (χ0v) is 22.1. The van der Waals surface area contributed by atoms with Crippen LogP contribution in [0.25, 0.3) is 0 Å². The van der Waals surface area contributed by atoms with Gasteiger partial charge in [-0.15, -0.1) is 0 Å². The van der Waals surface area contributed by atoms with Crippen LogP contribution in [0, 0.1) is 5.92 Å². The van der Waals surface area contributed by atoms with Crippen LogP contribution in [0.4, 0.5) is 0 Å². The fourth-order valence-electron chi connectivity index (χ4n) is 3.49. The molecule has 0 radical (unpaired) electrons. The predicted octanol–water partition coefficient (Wildman–Crippen LogP) is -2.22. The van der Waals surface area contributed by atoms with Gasteiger partial charge in [-0.05, 0) is 25.2 Å². The van der Waals surface area contributed by atoms with Crippen molar-refractivity contribution in [2.45, 2.75) is 76.5 Å². The van der Waals surface area contributed by atoms with Gasteiger partial charge in [0.1, 0.15) is 18.1 Å². The molecule has 218 valence electrons. The van der Waals surface area contributed by atoms with Gasteiger partial charge in [-0.3, -0.25) is 24.2 Å². The number of aliphatic imine (C=N–C) groups is 1. The average Bonchev–Trinajstić information content (AvgIpc) is 3.39. The van der Waals surface area contributed by atoms with Crippen LogP contribution in [0.5, 0.6) is 0 Å². The van der Waals surface area contributed by atoms with Gasteiger partial charge in [0.2, 0.25) is 17.7 Å². The van der Waals surface area contributed by atoms with Crippen molar-refractivity contribution in [1.29, 1.82) is 0 Å². The molecule has 0 bridgehead atoms. The first kappa shape index (κ1) is 32.8. The van der Waals surface area contributed by atoms with Gasteiger partial charge in [0.05, 0.1) is 12.4 Å². The Labute approximate surface area is 225 Å². The van der Waals surface area contributed by atoms with Crippen molar-refractivity contribution in [1.82, 2.24) is 25.9 Å². The molecule has 0 aromatic carbocycles. The Morgan fingerprint density at radius 1 is 1.03 bits per heavy atom. The normalized spacial score (nSPS) is 14.6. The zero-order chi connectivity index (χ0) is 29.5. The SMILES string of the molecule is CCC(C)C(NC(=O)C(CCCN=C(N)N)NC(=O)C(N)CCC(=O)O)C(=O)NC(Cc1cnc[nH]1)C(=O)O. The van der Waals surface area contributed by atoms with Crippen molar-refractivity contribution in [2.24, 2.45) is 28.1 Å². The Bertz CT molecular complexity index is 996. The monoisotopic (exact) mass is 553 g/mol. The van der Waals surface area contributed by atoms with E-state index >= 15 is 0 Å². The van der Waals surface area contributed by atoms with E-state index in [0.29, 0.717) is 12.1 Å². The summed E-state index contributed by atoms with van der Waals surface area (Å²) in [4.78, 5) is 72.0. The van der Waals surface area contributed by atoms with Crippen LogP contribution in [-0.4, -0.2) is 86.5 Å². The number of carbonyl (C=O) groups is 5. The predicted molar refractivity (Wildman–Crippen MR) is 140 cm³/mol. The van der Waals surface area contributed by atoms with Crippen LogP contribution >= 0.6 is 0 Å². The molecule has 0 aliphatic heterocycles. The summed E-state index contributed by atoms with van der Waals surface area (Å²) in [6.07, 6.45) is 3.11. The van der Waals surface area contributed by atoms with Gasteiger partial charge in [0, 0.05) is 31.3 Å². The minimum Gasteiger partial charge on any atom is -0.481 e. The summed E-state index contributed by atoms with van der Waals surface area (Å²) in [5.41, 5.74) is 16.9. The van der Waals surface area contributed by atoms with E-state index in [1.165, 1.54) is 12.5 Å². The number of amides is 3. The number of nitrogens with one attached hydrogen (secondary N) is 4. The van der Waals surface area contributed by atoms with Crippen molar-refractivity contribution < 1.29 is 34.2 Å². The molecule has 5 atom stereocenters. The smallest absolute Gasteiger partial charge is 0.326 e. The molecule has 0 saturated carbocycles. The van der Waals surface area contributed by atoms with Crippen LogP contribution in [0.15, 0.2) is 17.5 Å². The second kappa shape index (κ2) is 16.6. The maximum atomic E-state index is 13.3. The zero-order valence-electron chi connectivity index (χ0n) is 22.1. The third-order valence-electron chi connectivity index (χ3n) is 5.97. The number of hydrogen-bond donors (Lipinski definition) is 9. The summed E-state index contributed by atoms with van der Waals surface area (Å²) in [6, 6.07) is -4.74. The van der Waals surface area contributed by atoms with Gasteiger partial charge in [0.15, 0.2) is 5.96 Å². The first-order valence-electron chi connectivity index (χ1n) is 12.5. The second-order valence-corrected chi connectivity index (χ2v) is 9.10. The van der Waals surface area contributed by atoms with Crippen LogP contribution in [0.2, 0.25) is 0 Å². The highest BCUT2D eigenvalue weighted by Crippen LogP contribution is 2.11. The number of nitrogens with zero attached hydrogens (tertiary/aromatic N) is 2. The Morgan fingerprint density at radius 2 is 1.69 bits per heavy atom. The first-order valence-corrected chi connectivity index (χ1v) is 12.5. The molecule has 12 N–H and O–H groups in total. The van der Waals surface area contributed by atoms with Crippen molar-refractivity contribution >= 4 is 35.6 Å². The second-order valence-electron chi connectivity index (χ2n) is 9.10. The Hall–Kier alpha value is -4.21. The van der Waals surface area contributed by atoms with E-state index in [4.69, 9.17) is 22.3 Å². The van der Waals surface area contributed by atoms with Crippen LogP contribution in [0.1, 0.15) is 51.6 Å². The molecule has 16 heteroatoms. The number of carboxylic acid groups (broad SMARTS) is 2. The summed E-state index contributed by atoms with van der Waals surface area (Å²) in [7, 11) is 0. The largest absolute Gasteiger partial charge is 0.481 e. The highest BCUT2D eigenvalue weighted by Gasteiger charge is 2.33. The summed E-state index contributed by atoms with van der Waals surface area (Å²) >= 11 is 0. The van der Waals surface area contributed by atoms with E-state index in [0.717, 1.165) is 0 Å². The fourth-order valence-corrected chi connectivity index (χ4v) is 3.49. The summed E-state index contributed by atoms with van der Waals surface area (Å²) in [6.45, 7) is 3.67. The number of carbonyl (C=O) groups excluding carboxylic acids is 3. The minimum atomic E-state index is -1.29. The number of guanidine groups is 1. The van der Waals surface area contributed by atoms with Crippen LogP contribution in [0.3, 0.4) is 0 Å². The van der Waals surface area contributed by atoms with Crippen molar-refractivity contribution in [3.8, 4) is 0 Å². The molecule has 1 rings (SSSR count). The number of H-pyrrole nitrogens is 1. The van der Waals surface area contributed by atoms with Gasteiger partial charge < -0.3 is 48.3 Å². The molecular weight excluding hydrogens is 514 g/mol. The van der Waals surface area contributed by atoms with E-state index in [1.807, 2.05) is 0 Å². The van der Waals surface area contributed by atoms with E-state index in [2.05, 4.69) is 30.9 Å². The molecule has 1 heterocycles. The lowest BCUT2D eigenvalue weighted by Crippen LogP contribution is -2.58. The van der Waals surface area contributed by atoms with Gasteiger partial charge in [-0.2, -0.15) is 0 Å². The number of imidazole rings is 1. The van der Waals surface area contributed by atoms with E-state index in [1.54, 1.807) is 13.8 Å². The number of aromatic nitrogens is 2. The lowest BCUT2D eigenvalue weighted by atomic mass is 9.96. The molecule has 0 aliphatic carbocycles. The van der Waals surface area contributed by atoms with Crippen molar-refractivity contribution in [3.63, 3.8) is 0 Å². The third kappa shape index (κ3) is 12.3. The molecule has 0 spiro atoms.